The topological polar surface area (TPSA) is 108 Å². The number of halogens is 1. The zero-order valence-electron chi connectivity index (χ0n) is 14.6. The summed E-state index contributed by atoms with van der Waals surface area (Å²) < 4.78 is 42.7. The Morgan fingerprint density at radius 2 is 2.19 bits per heavy atom. The van der Waals surface area contributed by atoms with Gasteiger partial charge in [0.2, 0.25) is 15.9 Å². The molecular formula is C17H18FN5O3S. The number of nitrogens with one attached hydrogen (secondary N) is 1. The quantitative estimate of drug-likeness (QED) is 0.829. The number of aromatic nitrogens is 2. The monoisotopic (exact) mass is 391 g/mol. The summed E-state index contributed by atoms with van der Waals surface area (Å²) in [6.07, 6.45) is 2.51. The second kappa shape index (κ2) is 7.46. The lowest BCUT2D eigenvalue weighted by molar-refractivity contribution is -0.121. The van der Waals surface area contributed by atoms with Crippen LogP contribution in [0.5, 0.6) is 0 Å². The fourth-order valence-corrected chi connectivity index (χ4v) is 4.45. The summed E-state index contributed by atoms with van der Waals surface area (Å²) in [5.41, 5.74) is -0.313. The second-order valence-electron chi connectivity index (χ2n) is 6.06. The van der Waals surface area contributed by atoms with Crippen molar-refractivity contribution < 1.29 is 17.6 Å². The average molecular weight is 391 g/mol. The van der Waals surface area contributed by atoms with Gasteiger partial charge in [0.1, 0.15) is 23.7 Å². The number of hydrogen-bond acceptors (Lipinski definition) is 5. The van der Waals surface area contributed by atoms with Crippen LogP contribution >= 0.6 is 0 Å². The third-order valence-electron chi connectivity index (χ3n) is 4.36. The first-order valence-corrected chi connectivity index (χ1v) is 9.91. The summed E-state index contributed by atoms with van der Waals surface area (Å²) in [4.78, 5) is 14.0. The molecule has 1 aromatic carbocycles. The van der Waals surface area contributed by atoms with Gasteiger partial charge >= 0.3 is 0 Å². The van der Waals surface area contributed by atoms with E-state index in [0.717, 1.165) is 18.2 Å². The molecule has 1 atom stereocenters. The summed E-state index contributed by atoms with van der Waals surface area (Å²) in [6.45, 7) is 2.93. The summed E-state index contributed by atoms with van der Waals surface area (Å²) in [6, 6.07) is 5.23. The average Bonchev–Trinajstić information content (AvgIpc) is 3.11. The minimum atomic E-state index is -4.17. The number of rotatable bonds is 5. The minimum Gasteiger partial charge on any atom is -0.296 e. The molecule has 27 heavy (non-hydrogen) atoms. The first-order valence-electron chi connectivity index (χ1n) is 8.42. The molecule has 1 fully saturated rings. The number of nitriles is 1. The molecule has 8 nitrogen and oxygen atoms in total. The number of nitrogens with zero attached hydrogens (tertiary/aromatic N) is 4. The molecule has 10 heteroatoms. The number of sulfonamides is 1. The summed E-state index contributed by atoms with van der Waals surface area (Å²) in [5, 5.41) is 13.2. The van der Waals surface area contributed by atoms with Crippen LogP contribution in [0.4, 0.5) is 10.2 Å². The van der Waals surface area contributed by atoms with E-state index in [1.807, 2.05) is 6.92 Å². The molecule has 3 rings (SSSR count). The zero-order chi connectivity index (χ0) is 19.6. The molecule has 1 aliphatic heterocycles. The van der Waals surface area contributed by atoms with Crippen molar-refractivity contribution in [3.63, 3.8) is 0 Å². The third-order valence-corrected chi connectivity index (χ3v) is 5.89. The molecule has 1 aromatic heterocycles. The zero-order valence-corrected chi connectivity index (χ0v) is 15.4. The SMILES string of the molecule is CCn1nccc1N1CCC[C@@H](NS(=O)(=O)c2ccc(F)cc2C#N)C1=O. The van der Waals surface area contributed by atoms with Crippen molar-refractivity contribution in [3.05, 3.63) is 41.8 Å². The van der Waals surface area contributed by atoms with Gasteiger partial charge in [-0.05, 0) is 38.0 Å². The fraction of sp³-hybridized carbons (Fsp3) is 0.353. The number of amides is 1. The number of hydrogen-bond donors (Lipinski definition) is 1. The molecule has 2 aromatic rings. The summed E-state index contributed by atoms with van der Waals surface area (Å²) in [7, 11) is -4.17. The van der Waals surface area contributed by atoms with E-state index in [1.54, 1.807) is 23.0 Å². The van der Waals surface area contributed by atoms with Crippen molar-refractivity contribution in [1.29, 1.82) is 5.26 Å². The van der Waals surface area contributed by atoms with Crippen molar-refractivity contribution in [2.45, 2.75) is 37.2 Å². The first-order chi connectivity index (χ1) is 12.9. The largest absolute Gasteiger partial charge is 0.296 e. The van der Waals surface area contributed by atoms with E-state index in [2.05, 4.69) is 9.82 Å². The molecule has 1 N–H and O–H groups in total. The van der Waals surface area contributed by atoms with E-state index in [1.165, 1.54) is 4.90 Å². The van der Waals surface area contributed by atoms with Crippen LogP contribution in [0.3, 0.4) is 0 Å². The molecule has 0 radical (unpaired) electrons. The van der Waals surface area contributed by atoms with Gasteiger partial charge in [0, 0.05) is 19.2 Å². The number of piperidine rings is 1. The maximum Gasteiger partial charge on any atom is 0.246 e. The Bertz CT molecular complexity index is 1010. The number of carbonyl (C=O) groups excluding carboxylic acids is 1. The lowest BCUT2D eigenvalue weighted by Crippen LogP contribution is -2.52. The van der Waals surface area contributed by atoms with E-state index in [0.29, 0.717) is 31.7 Å². The Balaban J connectivity index is 1.87. The second-order valence-corrected chi connectivity index (χ2v) is 7.75. The van der Waals surface area contributed by atoms with Crippen molar-refractivity contribution in [3.8, 4) is 6.07 Å². The highest BCUT2D eigenvalue weighted by Gasteiger charge is 2.35. The predicted molar refractivity (Wildman–Crippen MR) is 94.7 cm³/mol. The lowest BCUT2D eigenvalue weighted by atomic mass is 10.1. The van der Waals surface area contributed by atoms with Crippen LogP contribution in [0, 0.1) is 17.1 Å². The highest BCUT2D eigenvalue weighted by atomic mass is 32.2. The van der Waals surface area contributed by atoms with Gasteiger partial charge in [-0.15, -0.1) is 0 Å². The van der Waals surface area contributed by atoms with Gasteiger partial charge in [-0.3, -0.25) is 9.69 Å². The molecule has 2 heterocycles. The van der Waals surface area contributed by atoms with Crippen LogP contribution in [0.2, 0.25) is 0 Å². The smallest absolute Gasteiger partial charge is 0.246 e. The number of aryl methyl sites for hydroxylation is 1. The van der Waals surface area contributed by atoms with Gasteiger partial charge < -0.3 is 0 Å². The van der Waals surface area contributed by atoms with Gasteiger partial charge in [-0.25, -0.2) is 17.5 Å². The standard InChI is InChI=1S/C17H18FN5O3S/c1-2-23-16(7-8-20-23)22-9-3-4-14(17(22)24)21-27(25,26)15-6-5-13(18)10-12(15)11-19/h5-8,10,14,21H,2-4,9H2,1H3/t14-/m1/s1. The molecule has 0 aliphatic carbocycles. The number of anilines is 1. The van der Waals surface area contributed by atoms with Crippen LogP contribution in [-0.4, -0.2) is 36.7 Å². The molecule has 1 saturated heterocycles. The van der Waals surface area contributed by atoms with E-state index in [-0.39, 0.29) is 16.4 Å². The summed E-state index contributed by atoms with van der Waals surface area (Å²) in [5.74, 6) is -0.496. The molecular weight excluding hydrogens is 373 g/mol. The van der Waals surface area contributed by atoms with Crippen LogP contribution in [0.25, 0.3) is 0 Å². The predicted octanol–water partition coefficient (Wildman–Crippen LogP) is 1.39. The molecule has 0 unspecified atom stereocenters. The molecule has 1 aliphatic rings. The van der Waals surface area contributed by atoms with Gasteiger partial charge in [-0.1, -0.05) is 0 Å². The number of carbonyl (C=O) groups is 1. The Hall–Kier alpha value is -2.77. The highest BCUT2D eigenvalue weighted by molar-refractivity contribution is 7.89. The van der Waals surface area contributed by atoms with Gasteiger partial charge in [-0.2, -0.15) is 15.1 Å². The normalized spacial score (nSPS) is 17.7. The molecule has 1 amide bonds. The maximum absolute atomic E-state index is 13.3. The number of benzene rings is 1. The van der Waals surface area contributed by atoms with Crippen LogP contribution in [-0.2, 0) is 21.4 Å². The Morgan fingerprint density at radius 3 is 2.89 bits per heavy atom. The lowest BCUT2D eigenvalue weighted by Gasteiger charge is -2.32. The Kier molecular flexibility index (Phi) is 5.25. The Labute approximate surface area is 156 Å². The Morgan fingerprint density at radius 1 is 1.41 bits per heavy atom. The van der Waals surface area contributed by atoms with Crippen molar-refractivity contribution in [1.82, 2.24) is 14.5 Å². The molecule has 0 spiro atoms. The van der Waals surface area contributed by atoms with Crippen molar-refractivity contribution in [2.75, 3.05) is 11.4 Å². The van der Waals surface area contributed by atoms with Gasteiger partial charge in [0.25, 0.3) is 0 Å². The van der Waals surface area contributed by atoms with Crippen molar-refractivity contribution >= 4 is 21.7 Å². The third kappa shape index (κ3) is 3.70. The molecule has 142 valence electrons. The van der Waals surface area contributed by atoms with E-state index < -0.39 is 21.9 Å². The van der Waals surface area contributed by atoms with E-state index in [4.69, 9.17) is 5.26 Å². The van der Waals surface area contributed by atoms with Crippen LogP contribution in [0.1, 0.15) is 25.3 Å². The fourth-order valence-electron chi connectivity index (χ4n) is 3.09. The van der Waals surface area contributed by atoms with Crippen molar-refractivity contribution in [2.24, 2.45) is 0 Å². The highest BCUT2D eigenvalue weighted by Crippen LogP contribution is 2.23. The minimum absolute atomic E-state index is 0.313. The van der Waals surface area contributed by atoms with E-state index >= 15 is 0 Å². The summed E-state index contributed by atoms with van der Waals surface area (Å²) >= 11 is 0. The maximum atomic E-state index is 13.3. The molecule has 0 saturated carbocycles. The van der Waals surface area contributed by atoms with Crippen LogP contribution < -0.4 is 9.62 Å². The van der Waals surface area contributed by atoms with Gasteiger partial charge in [0.15, 0.2) is 0 Å². The molecule has 0 bridgehead atoms. The van der Waals surface area contributed by atoms with E-state index in [9.17, 15) is 17.6 Å². The first kappa shape index (κ1) is 19.0. The van der Waals surface area contributed by atoms with Gasteiger partial charge in [0.05, 0.1) is 16.7 Å². The van der Waals surface area contributed by atoms with Crippen LogP contribution in [0.15, 0.2) is 35.4 Å².